The summed E-state index contributed by atoms with van der Waals surface area (Å²) in [6, 6.07) is 0. The van der Waals surface area contributed by atoms with Gasteiger partial charge in [-0.2, -0.15) is 0 Å². The van der Waals surface area contributed by atoms with Gasteiger partial charge in [-0.25, -0.2) is 0 Å². The number of carbonyl (C=O) groups is 3. The predicted octanol–water partition coefficient (Wildman–Crippen LogP) is 16.1. The lowest BCUT2D eigenvalue weighted by atomic mass is 10.0. The molecule has 0 heterocycles. The van der Waals surface area contributed by atoms with Crippen molar-refractivity contribution < 1.29 is 28.6 Å². The number of hydrogen-bond acceptors (Lipinski definition) is 6. The molecule has 0 aliphatic carbocycles. The number of ether oxygens (including phenoxy) is 3. The maximum Gasteiger partial charge on any atom is 0.306 e. The van der Waals surface area contributed by atoms with Crippen molar-refractivity contribution in [3.8, 4) is 0 Å². The topological polar surface area (TPSA) is 78.9 Å². The summed E-state index contributed by atoms with van der Waals surface area (Å²) in [5.74, 6) is 0.784. The average molecular weight is 807 g/mol. The van der Waals surface area contributed by atoms with Crippen molar-refractivity contribution in [1.82, 2.24) is 0 Å². The van der Waals surface area contributed by atoms with E-state index in [1.807, 2.05) is 0 Å². The molecule has 0 aliphatic rings. The standard InChI is InChI=1S/C51H98O6/c1-6-7-8-9-10-11-12-13-14-21-26-31-36-41-49(52)55-44-48(57-51(54)43-38-33-28-23-18-16-20-25-30-35-40-47(4)5)45-56-50(53)42-37-32-27-22-17-15-19-24-29-34-39-46(2)3/h46-48H,6-45H2,1-5H3/t48-/m0/s1. The van der Waals surface area contributed by atoms with Crippen LogP contribution in [0, 0.1) is 11.8 Å². The molecule has 6 nitrogen and oxygen atoms in total. The molecular weight excluding hydrogens is 709 g/mol. The van der Waals surface area contributed by atoms with Gasteiger partial charge < -0.3 is 14.2 Å². The molecule has 0 spiro atoms. The quantitative estimate of drug-likeness (QED) is 0.0346. The van der Waals surface area contributed by atoms with Gasteiger partial charge in [-0.1, -0.05) is 240 Å². The first-order valence-corrected chi connectivity index (χ1v) is 25.2. The molecule has 0 unspecified atom stereocenters. The second-order valence-electron chi connectivity index (χ2n) is 18.4. The Balaban J connectivity index is 4.33. The van der Waals surface area contributed by atoms with Gasteiger partial charge in [0.25, 0.3) is 0 Å². The van der Waals surface area contributed by atoms with Crippen molar-refractivity contribution in [2.45, 2.75) is 285 Å². The molecule has 0 aromatic rings. The summed E-state index contributed by atoms with van der Waals surface area (Å²) in [6.07, 6.45) is 43.7. The summed E-state index contributed by atoms with van der Waals surface area (Å²) in [5.41, 5.74) is 0. The minimum atomic E-state index is -0.761. The van der Waals surface area contributed by atoms with Crippen LogP contribution in [0.1, 0.15) is 279 Å². The van der Waals surface area contributed by atoms with Crippen molar-refractivity contribution in [2.24, 2.45) is 11.8 Å². The molecule has 0 fully saturated rings. The van der Waals surface area contributed by atoms with Gasteiger partial charge in [0, 0.05) is 19.3 Å². The summed E-state index contributed by atoms with van der Waals surface area (Å²) >= 11 is 0. The maximum atomic E-state index is 12.8. The van der Waals surface area contributed by atoms with Gasteiger partial charge in [0.2, 0.25) is 0 Å². The zero-order chi connectivity index (χ0) is 41.9. The van der Waals surface area contributed by atoms with Crippen LogP contribution in [0.15, 0.2) is 0 Å². The number of hydrogen-bond donors (Lipinski definition) is 0. The van der Waals surface area contributed by atoms with Gasteiger partial charge in [0.1, 0.15) is 13.2 Å². The molecule has 0 rings (SSSR count). The lowest BCUT2D eigenvalue weighted by molar-refractivity contribution is -0.167. The normalized spacial score (nSPS) is 12.1. The predicted molar refractivity (Wildman–Crippen MR) is 243 cm³/mol. The monoisotopic (exact) mass is 807 g/mol. The van der Waals surface area contributed by atoms with E-state index in [-0.39, 0.29) is 31.1 Å². The Bertz CT molecular complexity index is 870. The maximum absolute atomic E-state index is 12.8. The number of rotatable bonds is 45. The summed E-state index contributed by atoms with van der Waals surface area (Å²) in [5, 5.41) is 0. The van der Waals surface area contributed by atoms with Crippen molar-refractivity contribution in [3.05, 3.63) is 0 Å². The fourth-order valence-corrected chi connectivity index (χ4v) is 7.64. The van der Waals surface area contributed by atoms with E-state index < -0.39 is 6.10 Å². The second kappa shape index (κ2) is 44.0. The van der Waals surface area contributed by atoms with E-state index >= 15 is 0 Å². The largest absolute Gasteiger partial charge is 0.462 e. The molecule has 57 heavy (non-hydrogen) atoms. The van der Waals surface area contributed by atoms with Crippen LogP contribution in [-0.2, 0) is 28.6 Å². The fourth-order valence-electron chi connectivity index (χ4n) is 7.64. The highest BCUT2D eigenvalue weighted by Crippen LogP contribution is 2.17. The molecule has 6 heteroatoms. The van der Waals surface area contributed by atoms with Gasteiger partial charge >= 0.3 is 17.9 Å². The van der Waals surface area contributed by atoms with Crippen LogP contribution in [-0.4, -0.2) is 37.2 Å². The molecule has 0 saturated carbocycles. The van der Waals surface area contributed by atoms with E-state index in [4.69, 9.17) is 14.2 Å². The smallest absolute Gasteiger partial charge is 0.306 e. The highest BCUT2D eigenvalue weighted by Gasteiger charge is 2.19. The van der Waals surface area contributed by atoms with Crippen LogP contribution >= 0.6 is 0 Å². The first-order chi connectivity index (χ1) is 27.7. The van der Waals surface area contributed by atoms with Gasteiger partial charge in [0.05, 0.1) is 0 Å². The average Bonchev–Trinajstić information content (AvgIpc) is 3.18. The highest BCUT2D eigenvalue weighted by molar-refractivity contribution is 5.71. The van der Waals surface area contributed by atoms with Crippen LogP contribution < -0.4 is 0 Å². The Morgan fingerprint density at radius 1 is 0.333 bits per heavy atom. The molecule has 0 aliphatic heterocycles. The van der Waals surface area contributed by atoms with Crippen molar-refractivity contribution in [1.29, 1.82) is 0 Å². The van der Waals surface area contributed by atoms with E-state index in [9.17, 15) is 14.4 Å². The van der Waals surface area contributed by atoms with Crippen LogP contribution in [0.3, 0.4) is 0 Å². The van der Waals surface area contributed by atoms with E-state index in [0.717, 1.165) is 69.6 Å². The second-order valence-corrected chi connectivity index (χ2v) is 18.4. The Kier molecular flexibility index (Phi) is 42.7. The molecular formula is C51H98O6. The van der Waals surface area contributed by atoms with E-state index in [2.05, 4.69) is 34.6 Å². The van der Waals surface area contributed by atoms with Gasteiger partial charge in [-0.05, 0) is 31.1 Å². The van der Waals surface area contributed by atoms with Crippen LogP contribution in [0.2, 0.25) is 0 Å². The van der Waals surface area contributed by atoms with Crippen molar-refractivity contribution >= 4 is 17.9 Å². The van der Waals surface area contributed by atoms with Crippen LogP contribution in [0.5, 0.6) is 0 Å². The van der Waals surface area contributed by atoms with Gasteiger partial charge in [-0.3, -0.25) is 14.4 Å². The highest BCUT2D eigenvalue weighted by atomic mass is 16.6. The Morgan fingerprint density at radius 2 is 0.579 bits per heavy atom. The summed E-state index contributed by atoms with van der Waals surface area (Å²) in [4.78, 5) is 37.9. The van der Waals surface area contributed by atoms with Crippen LogP contribution in [0.25, 0.3) is 0 Å². The number of unbranched alkanes of at least 4 members (excludes halogenated alkanes) is 30. The summed E-state index contributed by atoms with van der Waals surface area (Å²) < 4.78 is 16.8. The third-order valence-corrected chi connectivity index (χ3v) is 11.5. The van der Waals surface area contributed by atoms with Gasteiger partial charge in [0.15, 0.2) is 6.10 Å². The molecule has 0 radical (unpaired) electrons. The zero-order valence-electron chi connectivity index (χ0n) is 39.0. The lowest BCUT2D eigenvalue weighted by Gasteiger charge is -2.18. The molecule has 1 atom stereocenters. The molecule has 0 saturated heterocycles. The third-order valence-electron chi connectivity index (χ3n) is 11.5. The van der Waals surface area contributed by atoms with Gasteiger partial charge in [-0.15, -0.1) is 0 Å². The number of esters is 3. The van der Waals surface area contributed by atoms with E-state index in [1.165, 1.54) is 167 Å². The third kappa shape index (κ3) is 45.3. The summed E-state index contributed by atoms with van der Waals surface area (Å²) in [7, 11) is 0. The molecule has 0 N–H and O–H groups in total. The molecule has 0 aromatic carbocycles. The first kappa shape index (κ1) is 55.4. The summed E-state index contributed by atoms with van der Waals surface area (Å²) in [6.45, 7) is 11.3. The molecule has 0 amide bonds. The van der Waals surface area contributed by atoms with Crippen molar-refractivity contribution in [3.63, 3.8) is 0 Å². The van der Waals surface area contributed by atoms with E-state index in [1.54, 1.807) is 0 Å². The Hall–Kier alpha value is -1.59. The number of carbonyl (C=O) groups excluding carboxylic acids is 3. The zero-order valence-corrected chi connectivity index (χ0v) is 39.0. The van der Waals surface area contributed by atoms with Crippen molar-refractivity contribution in [2.75, 3.05) is 13.2 Å². The first-order valence-electron chi connectivity index (χ1n) is 25.2. The Labute approximate surface area is 355 Å². The minimum absolute atomic E-state index is 0.0640. The SMILES string of the molecule is CCCCCCCCCCCCCCCC(=O)OC[C@@H](COC(=O)CCCCCCCCCCCCC(C)C)OC(=O)CCCCCCCCCCCCC(C)C. The Morgan fingerprint density at radius 3 is 0.860 bits per heavy atom. The molecule has 0 bridgehead atoms. The molecule has 338 valence electrons. The molecule has 0 aromatic heterocycles. The minimum Gasteiger partial charge on any atom is -0.462 e. The van der Waals surface area contributed by atoms with Crippen LogP contribution in [0.4, 0.5) is 0 Å². The van der Waals surface area contributed by atoms with E-state index in [0.29, 0.717) is 19.3 Å². The lowest BCUT2D eigenvalue weighted by Crippen LogP contribution is -2.30. The fraction of sp³-hybridized carbons (Fsp3) is 0.941.